The molecular weight excluding hydrogens is 364 g/mol. The van der Waals surface area contributed by atoms with Gasteiger partial charge in [0, 0.05) is 12.6 Å². The Hall–Kier alpha value is -3.30. The molecule has 0 aliphatic heterocycles. The van der Waals surface area contributed by atoms with Crippen molar-refractivity contribution in [2.45, 2.75) is 0 Å². The molecule has 27 heavy (non-hydrogen) atoms. The summed E-state index contributed by atoms with van der Waals surface area (Å²) in [5, 5.41) is 18.5. The van der Waals surface area contributed by atoms with Crippen molar-refractivity contribution in [2.75, 3.05) is 14.2 Å². The maximum atomic E-state index is 9.65. The van der Waals surface area contributed by atoms with Crippen molar-refractivity contribution in [2.24, 2.45) is 7.05 Å². The maximum Gasteiger partial charge on any atom is 0.179 e. The third-order valence-corrected chi connectivity index (χ3v) is 4.32. The Bertz CT molecular complexity index is 1040. The summed E-state index contributed by atoms with van der Waals surface area (Å²) in [6.07, 6.45) is 1.69. The van der Waals surface area contributed by atoms with E-state index in [2.05, 4.69) is 16.3 Å². The number of hydrogen-bond acceptors (Lipinski definition) is 5. The van der Waals surface area contributed by atoms with Gasteiger partial charge in [-0.15, -0.1) is 10.2 Å². The van der Waals surface area contributed by atoms with Crippen LogP contribution in [0.25, 0.3) is 23.0 Å². The molecular formula is C20H17ClN4O2. The monoisotopic (exact) mass is 380 g/mol. The van der Waals surface area contributed by atoms with Crippen LogP contribution in [0.3, 0.4) is 0 Å². The molecule has 1 aromatic heterocycles. The summed E-state index contributed by atoms with van der Waals surface area (Å²) in [6.45, 7) is 0. The zero-order chi connectivity index (χ0) is 19.4. The predicted octanol–water partition coefficient (Wildman–Crippen LogP) is 4.22. The summed E-state index contributed by atoms with van der Waals surface area (Å²) >= 11 is 6.25. The molecule has 3 rings (SSSR count). The van der Waals surface area contributed by atoms with Crippen molar-refractivity contribution in [3.63, 3.8) is 0 Å². The number of methoxy groups -OCH3 is 2. The van der Waals surface area contributed by atoms with Crippen molar-refractivity contribution in [3.05, 3.63) is 58.9 Å². The van der Waals surface area contributed by atoms with Crippen LogP contribution in [0.5, 0.6) is 11.5 Å². The fourth-order valence-corrected chi connectivity index (χ4v) is 3.03. The minimum Gasteiger partial charge on any atom is -0.493 e. The predicted molar refractivity (Wildman–Crippen MR) is 104 cm³/mol. The highest BCUT2D eigenvalue weighted by Crippen LogP contribution is 2.37. The van der Waals surface area contributed by atoms with Gasteiger partial charge in [-0.3, -0.25) is 0 Å². The number of halogens is 1. The summed E-state index contributed by atoms with van der Waals surface area (Å²) in [5.41, 5.74) is 1.97. The minimum atomic E-state index is 0.357. The molecule has 2 aromatic carbocycles. The number of rotatable bonds is 5. The van der Waals surface area contributed by atoms with E-state index >= 15 is 0 Å². The molecule has 0 radical (unpaired) electrons. The largest absolute Gasteiger partial charge is 0.493 e. The molecule has 0 aliphatic rings. The topological polar surface area (TPSA) is 73.0 Å². The van der Waals surface area contributed by atoms with Crippen LogP contribution in [0.4, 0.5) is 0 Å². The normalized spacial score (nSPS) is 11.1. The molecule has 1 heterocycles. The van der Waals surface area contributed by atoms with Gasteiger partial charge in [0.05, 0.1) is 24.8 Å². The van der Waals surface area contributed by atoms with Crippen molar-refractivity contribution in [1.29, 1.82) is 5.26 Å². The van der Waals surface area contributed by atoms with E-state index in [1.165, 1.54) is 14.2 Å². The first-order chi connectivity index (χ1) is 13.1. The highest BCUT2D eigenvalue weighted by atomic mass is 35.5. The quantitative estimate of drug-likeness (QED) is 0.620. The van der Waals surface area contributed by atoms with Crippen LogP contribution in [0.2, 0.25) is 5.02 Å². The molecule has 6 nitrogen and oxygen atoms in total. The van der Waals surface area contributed by atoms with Crippen molar-refractivity contribution in [3.8, 4) is 29.0 Å². The molecule has 0 fully saturated rings. The van der Waals surface area contributed by atoms with Gasteiger partial charge in [-0.25, -0.2) is 0 Å². The molecule has 0 saturated heterocycles. The van der Waals surface area contributed by atoms with E-state index in [1.807, 2.05) is 37.4 Å². The Morgan fingerprint density at radius 3 is 2.52 bits per heavy atom. The third kappa shape index (κ3) is 3.64. The van der Waals surface area contributed by atoms with Crippen LogP contribution in [0.1, 0.15) is 11.4 Å². The van der Waals surface area contributed by atoms with Gasteiger partial charge in [0.2, 0.25) is 0 Å². The molecule has 0 atom stereocenters. The average Bonchev–Trinajstić information content (AvgIpc) is 3.07. The molecule has 0 saturated carbocycles. The Kier molecular flexibility index (Phi) is 5.43. The van der Waals surface area contributed by atoms with Gasteiger partial charge in [0.25, 0.3) is 0 Å². The SMILES string of the molecule is COc1cc(C=C(C#N)c2nnc(-c3ccccc3)n2C)cc(Cl)c1OC. The highest BCUT2D eigenvalue weighted by molar-refractivity contribution is 6.32. The molecule has 0 bridgehead atoms. The van der Waals surface area contributed by atoms with E-state index in [9.17, 15) is 5.26 Å². The molecule has 0 aliphatic carbocycles. The van der Waals surface area contributed by atoms with Gasteiger partial charge in [0.1, 0.15) is 6.07 Å². The van der Waals surface area contributed by atoms with Gasteiger partial charge in [-0.2, -0.15) is 5.26 Å². The van der Waals surface area contributed by atoms with Crippen LogP contribution < -0.4 is 9.47 Å². The Balaban J connectivity index is 2.05. The highest BCUT2D eigenvalue weighted by Gasteiger charge is 2.16. The number of nitrogens with zero attached hydrogens (tertiary/aromatic N) is 4. The third-order valence-electron chi connectivity index (χ3n) is 4.04. The van der Waals surface area contributed by atoms with Crippen LogP contribution >= 0.6 is 11.6 Å². The zero-order valence-corrected chi connectivity index (χ0v) is 15.9. The Labute approximate surface area is 162 Å². The number of hydrogen-bond donors (Lipinski definition) is 0. The smallest absolute Gasteiger partial charge is 0.179 e. The summed E-state index contributed by atoms with van der Waals surface area (Å²) in [4.78, 5) is 0. The van der Waals surface area contributed by atoms with Crippen molar-refractivity contribution >= 4 is 23.3 Å². The second kappa shape index (κ2) is 7.94. The molecule has 7 heteroatoms. The maximum absolute atomic E-state index is 9.65. The van der Waals surface area contributed by atoms with Crippen molar-refractivity contribution < 1.29 is 9.47 Å². The first-order valence-electron chi connectivity index (χ1n) is 8.07. The van der Waals surface area contributed by atoms with Gasteiger partial charge in [-0.05, 0) is 23.8 Å². The second-order valence-electron chi connectivity index (χ2n) is 5.68. The lowest BCUT2D eigenvalue weighted by molar-refractivity contribution is 0.355. The lowest BCUT2D eigenvalue weighted by Gasteiger charge is -2.10. The molecule has 136 valence electrons. The van der Waals surface area contributed by atoms with E-state index in [4.69, 9.17) is 21.1 Å². The molecule has 0 unspecified atom stereocenters. The van der Waals surface area contributed by atoms with Crippen LogP contribution in [0.15, 0.2) is 42.5 Å². The van der Waals surface area contributed by atoms with Crippen LogP contribution in [-0.2, 0) is 7.05 Å². The number of nitriles is 1. The van der Waals surface area contributed by atoms with E-state index in [1.54, 1.807) is 22.8 Å². The Morgan fingerprint density at radius 2 is 1.89 bits per heavy atom. The van der Waals surface area contributed by atoms with Crippen LogP contribution in [-0.4, -0.2) is 29.0 Å². The summed E-state index contributed by atoms with van der Waals surface area (Å²) in [6, 6.07) is 15.3. The van der Waals surface area contributed by atoms with Gasteiger partial charge in [-0.1, -0.05) is 41.9 Å². The molecule has 0 amide bonds. The van der Waals surface area contributed by atoms with E-state index in [-0.39, 0.29) is 0 Å². The fraction of sp³-hybridized carbons (Fsp3) is 0.150. The zero-order valence-electron chi connectivity index (χ0n) is 15.1. The number of allylic oxidation sites excluding steroid dienone is 1. The summed E-state index contributed by atoms with van der Waals surface area (Å²) in [5.74, 6) is 2.07. The van der Waals surface area contributed by atoms with Crippen molar-refractivity contribution in [1.82, 2.24) is 14.8 Å². The molecule has 0 spiro atoms. The van der Waals surface area contributed by atoms with E-state index in [0.29, 0.717) is 39.3 Å². The Morgan fingerprint density at radius 1 is 1.15 bits per heavy atom. The van der Waals surface area contributed by atoms with Gasteiger partial charge < -0.3 is 14.0 Å². The van der Waals surface area contributed by atoms with E-state index in [0.717, 1.165) is 5.56 Å². The molecule has 0 N–H and O–H groups in total. The minimum absolute atomic E-state index is 0.357. The van der Waals surface area contributed by atoms with Crippen LogP contribution in [0, 0.1) is 11.3 Å². The van der Waals surface area contributed by atoms with E-state index < -0.39 is 0 Å². The average molecular weight is 381 g/mol. The number of benzene rings is 2. The number of aromatic nitrogens is 3. The number of ether oxygens (including phenoxy) is 2. The fourth-order valence-electron chi connectivity index (χ4n) is 2.74. The summed E-state index contributed by atoms with van der Waals surface area (Å²) in [7, 11) is 4.87. The van der Waals surface area contributed by atoms with Gasteiger partial charge in [0.15, 0.2) is 23.1 Å². The standard InChI is InChI=1S/C20H17ClN4O2/c1-25-19(14-7-5-4-6-8-14)23-24-20(25)15(12-22)9-13-10-16(21)18(27-3)17(11-13)26-2/h4-11H,1-3H3. The lowest BCUT2D eigenvalue weighted by atomic mass is 10.1. The summed E-state index contributed by atoms with van der Waals surface area (Å²) < 4.78 is 12.3. The molecule has 3 aromatic rings. The first-order valence-corrected chi connectivity index (χ1v) is 8.45. The second-order valence-corrected chi connectivity index (χ2v) is 6.09. The van der Waals surface area contributed by atoms with Gasteiger partial charge >= 0.3 is 0 Å². The first kappa shape index (κ1) is 18.5. The lowest BCUT2D eigenvalue weighted by Crippen LogP contribution is -1.99.